The molecule has 1 N–H and O–H groups in total. The van der Waals surface area contributed by atoms with Gasteiger partial charge in [0.05, 0.1) is 24.8 Å². The molecule has 7 rings (SSSR count). The molecule has 0 spiro atoms. The van der Waals surface area contributed by atoms with Crippen molar-refractivity contribution in [2.45, 2.75) is 76.4 Å². The molecule has 0 amide bonds. The highest BCUT2D eigenvalue weighted by Crippen LogP contribution is 2.57. The molecule has 0 radical (unpaired) electrons. The average molecular weight is 736 g/mol. The minimum absolute atomic E-state index is 0.0595. The maximum absolute atomic E-state index is 13.3. The van der Waals surface area contributed by atoms with Gasteiger partial charge in [-0.1, -0.05) is 18.2 Å². The number of allylic oxidation sites excluding steroid dienone is 2. The number of benzene rings is 2. The molecule has 1 aliphatic carbocycles. The summed E-state index contributed by atoms with van der Waals surface area (Å²) in [5.41, 5.74) is 1.88. The van der Waals surface area contributed by atoms with Crippen molar-refractivity contribution in [2.75, 3.05) is 27.6 Å². The summed E-state index contributed by atoms with van der Waals surface area (Å²) in [6, 6.07) is 4.50. The molecule has 14 heteroatoms. The zero-order chi connectivity index (χ0) is 37.9. The number of rotatable bonds is 6. The number of halogens is 3. The number of hydrogen-bond acceptors (Lipinski definition) is 11. The molecule has 0 saturated carbocycles. The van der Waals surface area contributed by atoms with Crippen LogP contribution >= 0.6 is 0 Å². The van der Waals surface area contributed by atoms with E-state index in [4.69, 9.17) is 23.7 Å². The Morgan fingerprint density at radius 3 is 2.60 bits per heavy atom. The number of ether oxygens (including phenoxy) is 5. The number of esters is 2. The molecule has 11 nitrogen and oxygen atoms in total. The lowest BCUT2D eigenvalue weighted by Gasteiger charge is -2.58. The van der Waals surface area contributed by atoms with E-state index in [1.54, 1.807) is 6.92 Å². The number of methoxy groups -OCH3 is 1. The standard InChI is InChI=1S/C39H40F3N3O8/c1-19-13-23-10-11-26-28(16-43)45-27(33(44(26)4)31(23)34(48)35(19)49-5)15-25-32(38-37(51-18-52-38)20(2)36(25)53-21(3)46)29(45)17-50-30(47)12-9-22-7-6-8-24(14-22)39(40,41)42/h6-9,12-14,23,26-29,31,33,48H,10-11,15,17-18H2,1-5H3/b12-9+/t23-,26+,27?,28+,29+,31?,33+/m1/s1. The van der Waals surface area contributed by atoms with Gasteiger partial charge >= 0.3 is 18.1 Å². The Bertz CT molecular complexity index is 1980. The Morgan fingerprint density at radius 2 is 1.91 bits per heavy atom. The van der Waals surface area contributed by atoms with Crippen molar-refractivity contribution in [3.63, 3.8) is 0 Å². The molecular formula is C39H40F3N3O8. The normalized spacial score (nSPS) is 27.9. The van der Waals surface area contributed by atoms with Crippen LogP contribution in [-0.4, -0.2) is 78.6 Å². The summed E-state index contributed by atoms with van der Waals surface area (Å²) in [4.78, 5) is 30.1. The van der Waals surface area contributed by atoms with Gasteiger partial charge in [0, 0.05) is 53.7 Å². The molecule has 0 aromatic heterocycles. The molecule has 280 valence electrons. The second-order valence-corrected chi connectivity index (χ2v) is 14.2. The van der Waals surface area contributed by atoms with E-state index in [1.807, 2.05) is 18.9 Å². The van der Waals surface area contributed by atoms with Gasteiger partial charge in [-0.3, -0.25) is 14.6 Å². The number of aliphatic hydroxyl groups excluding tert-OH is 1. The number of piperazine rings is 1. The Labute approximate surface area is 304 Å². The van der Waals surface area contributed by atoms with Crippen molar-refractivity contribution in [3.8, 4) is 23.3 Å². The Morgan fingerprint density at radius 1 is 1.15 bits per heavy atom. The zero-order valence-electron chi connectivity index (χ0n) is 29.9. The lowest BCUT2D eigenvalue weighted by atomic mass is 9.71. The van der Waals surface area contributed by atoms with Gasteiger partial charge in [0.2, 0.25) is 6.79 Å². The molecule has 2 saturated heterocycles. The molecular weight excluding hydrogens is 695 g/mol. The van der Waals surface area contributed by atoms with Gasteiger partial charge in [0.1, 0.15) is 24.2 Å². The van der Waals surface area contributed by atoms with E-state index < -0.39 is 47.7 Å². The van der Waals surface area contributed by atoms with E-state index in [9.17, 15) is 33.1 Å². The van der Waals surface area contributed by atoms with Crippen molar-refractivity contribution in [1.82, 2.24) is 9.80 Å². The highest BCUT2D eigenvalue weighted by atomic mass is 19.4. The predicted molar refractivity (Wildman–Crippen MR) is 183 cm³/mol. The monoisotopic (exact) mass is 735 g/mol. The van der Waals surface area contributed by atoms with Crippen molar-refractivity contribution in [3.05, 3.63) is 81.3 Å². The molecule has 4 aliphatic heterocycles. The van der Waals surface area contributed by atoms with E-state index in [-0.39, 0.29) is 54.9 Å². The quantitative estimate of drug-likeness (QED) is 0.208. The van der Waals surface area contributed by atoms with E-state index in [0.29, 0.717) is 46.8 Å². The van der Waals surface area contributed by atoms with Crippen LogP contribution < -0.4 is 14.2 Å². The highest BCUT2D eigenvalue weighted by molar-refractivity contribution is 5.87. The summed E-state index contributed by atoms with van der Waals surface area (Å²) in [5.74, 6) is -0.256. The number of hydrogen-bond donors (Lipinski definition) is 1. The van der Waals surface area contributed by atoms with E-state index >= 15 is 0 Å². The van der Waals surface area contributed by atoms with Crippen LogP contribution in [0.1, 0.15) is 60.5 Å². The second-order valence-electron chi connectivity index (χ2n) is 14.2. The number of aliphatic hydroxyl groups is 1. The minimum atomic E-state index is -4.55. The van der Waals surface area contributed by atoms with Gasteiger partial charge in [-0.25, -0.2) is 4.79 Å². The molecule has 2 aromatic rings. The van der Waals surface area contributed by atoms with Gasteiger partial charge in [0.25, 0.3) is 0 Å². The molecule has 7 atom stereocenters. The Kier molecular flexibility index (Phi) is 9.44. The number of fused-ring (bicyclic) bond motifs is 9. The number of carbonyl (C=O) groups excluding carboxylic acids is 2. The molecule has 4 heterocycles. The molecule has 5 aliphatic rings. The number of nitrogens with zero attached hydrogens (tertiary/aromatic N) is 3. The van der Waals surface area contributed by atoms with E-state index in [0.717, 1.165) is 23.8 Å². The third-order valence-electron chi connectivity index (χ3n) is 11.3. The van der Waals surface area contributed by atoms with E-state index in [1.165, 1.54) is 32.2 Å². The van der Waals surface area contributed by atoms with Crippen molar-refractivity contribution < 1.29 is 51.6 Å². The summed E-state index contributed by atoms with van der Waals surface area (Å²) in [6.45, 7) is 4.57. The molecule has 2 fully saturated rings. The first-order chi connectivity index (χ1) is 25.2. The van der Waals surface area contributed by atoms with Gasteiger partial charge in [0.15, 0.2) is 17.3 Å². The van der Waals surface area contributed by atoms with Gasteiger partial charge in [-0.15, -0.1) is 0 Å². The van der Waals surface area contributed by atoms with E-state index in [2.05, 4.69) is 17.0 Å². The van der Waals surface area contributed by atoms with Crippen LogP contribution in [0.15, 0.2) is 53.5 Å². The maximum Gasteiger partial charge on any atom is 0.416 e. The summed E-state index contributed by atoms with van der Waals surface area (Å²) in [7, 11) is 3.48. The van der Waals surface area contributed by atoms with Crippen LogP contribution in [0.5, 0.6) is 17.2 Å². The Balaban J connectivity index is 1.34. The van der Waals surface area contributed by atoms with Crippen LogP contribution in [-0.2, 0) is 31.7 Å². The van der Waals surface area contributed by atoms with Gasteiger partial charge in [-0.05, 0) is 75.4 Å². The van der Waals surface area contributed by atoms with Gasteiger partial charge < -0.3 is 28.8 Å². The second kappa shape index (κ2) is 13.8. The van der Waals surface area contributed by atoms with Crippen molar-refractivity contribution in [2.24, 2.45) is 11.8 Å². The number of carbonyl (C=O) groups is 2. The van der Waals surface area contributed by atoms with Crippen LogP contribution in [0.3, 0.4) is 0 Å². The third-order valence-corrected chi connectivity index (χ3v) is 11.3. The number of nitriles is 1. The van der Waals surface area contributed by atoms with Crippen molar-refractivity contribution in [1.29, 1.82) is 5.26 Å². The minimum Gasteiger partial charge on any atom is -0.508 e. The van der Waals surface area contributed by atoms with Crippen LogP contribution in [0.2, 0.25) is 0 Å². The van der Waals surface area contributed by atoms with Crippen molar-refractivity contribution >= 4 is 18.0 Å². The SMILES string of the molecule is COC1=C(O)C2[C@@H]3C4Cc5c(OC(C)=O)c(C)c6c(c5[C@H](COC(=O)/C=C/c5cccc(C(F)(F)F)c5)N4[C@@H](C#N)[C@H](CC[C@@H]2C=C1C)N3C)OCO6. The molecule has 2 aromatic carbocycles. The molecule has 2 bridgehead atoms. The number of likely N-dealkylation sites (N-methyl/N-ethyl adjacent to an activating group) is 1. The first-order valence-electron chi connectivity index (χ1n) is 17.4. The van der Waals surface area contributed by atoms with Crippen LogP contribution in [0.4, 0.5) is 13.2 Å². The first kappa shape index (κ1) is 36.4. The van der Waals surface area contributed by atoms with Crippen LogP contribution in [0, 0.1) is 30.1 Å². The fourth-order valence-corrected chi connectivity index (χ4v) is 9.22. The lowest BCUT2D eigenvalue weighted by molar-refractivity contribution is -0.143. The summed E-state index contributed by atoms with van der Waals surface area (Å²) in [6.07, 6.45) is 1.51. The predicted octanol–water partition coefficient (Wildman–Crippen LogP) is 6.17. The smallest absolute Gasteiger partial charge is 0.416 e. The highest BCUT2D eigenvalue weighted by Gasteiger charge is 2.58. The molecule has 2 unspecified atom stereocenters. The largest absolute Gasteiger partial charge is 0.508 e. The third kappa shape index (κ3) is 6.19. The topological polar surface area (TPSA) is 131 Å². The fourth-order valence-electron chi connectivity index (χ4n) is 9.22. The summed E-state index contributed by atoms with van der Waals surface area (Å²) in [5, 5.41) is 22.8. The van der Waals surface area contributed by atoms with Crippen LogP contribution in [0.25, 0.3) is 6.08 Å². The summed E-state index contributed by atoms with van der Waals surface area (Å²) < 4.78 is 69.3. The maximum atomic E-state index is 13.3. The fraction of sp³-hybridized carbons (Fsp3) is 0.462. The average Bonchev–Trinajstić information content (AvgIpc) is 3.57. The first-order valence-corrected chi connectivity index (χ1v) is 17.4. The zero-order valence-corrected chi connectivity index (χ0v) is 29.9. The van der Waals surface area contributed by atoms with Gasteiger partial charge in [-0.2, -0.15) is 18.4 Å². The number of alkyl halides is 3. The summed E-state index contributed by atoms with van der Waals surface area (Å²) >= 11 is 0. The Hall–Kier alpha value is -5.00. The molecule has 53 heavy (non-hydrogen) atoms. The lowest BCUT2D eigenvalue weighted by Crippen LogP contribution is -2.71.